The lowest BCUT2D eigenvalue weighted by Crippen LogP contribution is -2.32. The normalized spacial score (nSPS) is 15.0. The van der Waals surface area contributed by atoms with Crippen molar-refractivity contribution in [1.82, 2.24) is 4.90 Å². The number of piperidine rings is 1. The number of nitrogens with zero attached hydrogens (tertiary/aromatic N) is 1. The largest absolute Gasteiger partial charge is 0.375 e. The molecule has 4 heteroatoms. The van der Waals surface area contributed by atoms with Crippen molar-refractivity contribution < 1.29 is 4.74 Å². The van der Waals surface area contributed by atoms with Crippen molar-refractivity contribution in [3.8, 4) is 11.1 Å². The number of halogens is 2. The highest BCUT2D eigenvalue weighted by Crippen LogP contribution is 2.22. The molecular weight excluding hydrogens is 341 g/mol. The Morgan fingerprint density at radius 1 is 0.833 bits per heavy atom. The van der Waals surface area contributed by atoms with Gasteiger partial charge in [0.05, 0.1) is 13.2 Å². The van der Waals surface area contributed by atoms with Crippen LogP contribution < -0.4 is 0 Å². The lowest BCUT2D eigenvalue weighted by atomic mass is 10.0. The van der Waals surface area contributed by atoms with E-state index >= 15 is 0 Å². The predicted molar refractivity (Wildman–Crippen MR) is 104 cm³/mol. The van der Waals surface area contributed by atoms with Crippen molar-refractivity contribution in [3.05, 3.63) is 59.1 Å². The van der Waals surface area contributed by atoms with Gasteiger partial charge in [-0.25, -0.2) is 0 Å². The Balaban J connectivity index is 0.00000208. The Morgan fingerprint density at radius 3 is 2.04 bits per heavy atom. The third-order valence-electron chi connectivity index (χ3n) is 4.40. The molecular formula is C20H25Cl2NO. The smallest absolute Gasteiger partial charge is 0.0717 e. The van der Waals surface area contributed by atoms with Crippen LogP contribution in [0.3, 0.4) is 0 Å². The van der Waals surface area contributed by atoms with Crippen LogP contribution in [0.4, 0.5) is 0 Å². The van der Waals surface area contributed by atoms with E-state index in [1.165, 1.54) is 49.0 Å². The summed E-state index contributed by atoms with van der Waals surface area (Å²) in [5, 5.41) is 0.771. The summed E-state index contributed by atoms with van der Waals surface area (Å²) in [6.07, 6.45) is 4.07. The highest BCUT2D eigenvalue weighted by molar-refractivity contribution is 6.30. The molecule has 1 heterocycles. The molecule has 1 saturated heterocycles. The van der Waals surface area contributed by atoms with Crippen molar-refractivity contribution in [2.45, 2.75) is 25.9 Å². The fourth-order valence-electron chi connectivity index (χ4n) is 3.00. The Bertz CT molecular complexity index is 592. The molecule has 2 aromatic rings. The van der Waals surface area contributed by atoms with E-state index in [2.05, 4.69) is 29.2 Å². The topological polar surface area (TPSA) is 12.5 Å². The van der Waals surface area contributed by atoms with E-state index in [1.807, 2.05) is 24.3 Å². The summed E-state index contributed by atoms with van der Waals surface area (Å²) >= 11 is 5.93. The molecule has 0 aliphatic carbocycles. The lowest BCUT2D eigenvalue weighted by Gasteiger charge is -2.26. The van der Waals surface area contributed by atoms with E-state index in [0.29, 0.717) is 6.61 Å². The van der Waals surface area contributed by atoms with E-state index in [9.17, 15) is 0 Å². The van der Waals surface area contributed by atoms with Crippen LogP contribution in [-0.2, 0) is 11.3 Å². The van der Waals surface area contributed by atoms with Gasteiger partial charge in [0.25, 0.3) is 0 Å². The average Bonchev–Trinajstić information content (AvgIpc) is 2.61. The van der Waals surface area contributed by atoms with E-state index in [0.717, 1.165) is 18.2 Å². The summed E-state index contributed by atoms with van der Waals surface area (Å²) in [5.74, 6) is 0. The zero-order valence-electron chi connectivity index (χ0n) is 13.9. The van der Waals surface area contributed by atoms with E-state index in [1.54, 1.807) is 0 Å². The summed E-state index contributed by atoms with van der Waals surface area (Å²) in [6.45, 7) is 5.04. The highest BCUT2D eigenvalue weighted by atomic mass is 35.5. The van der Waals surface area contributed by atoms with Crippen LogP contribution in [0.1, 0.15) is 24.8 Å². The van der Waals surface area contributed by atoms with Crippen molar-refractivity contribution in [1.29, 1.82) is 0 Å². The molecule has 2 nitrogen and oxygen atoms in total. The van der Waals surface area contributed by atoms with Crippen LogP contribution in [0.2, 0.25) is 5.02 Å². The van der Waals surface area contributed by atoms with Gasteiger partial charge >= 0.3 is 0 Å². The van der Waals surface area contributed by atoms with Crippen LogP contribution in [0.25, 0.3) is 11.1 Å². The van der Waals surface area contributed by atoms with Gasteiger partial charge in [0.15, 0.2) is 0 Å². The molecule has 1 aliphatic heterocycles. The molecule has 1 fully saturated rings. The molecule has 0 aromatic heterocycles. The predicted octanol–water partition coefficient (Wildman–Crippen LogP) is 5.43. The molecule has 130 valence electrons. The minimum atomic E-state index is 0. The van der Waals surface area contributed by atoms with Gasteiger partial charge in [-0.1, -0.05) is 54.4 Å². The zero-order chi connectivity index (χ0) is 15.9. The van der Waals surface area contributed by atoms with Gasteiger partial charge in [0.1, 0.15) is 0 Å². The van der Waals surface area contributed by atoms with E-state index in [4.69, 9.17) is 16.3 Å². The summed E-state index contributed by atoms with van der Waals surface area (Å²) in [7, 11) is 0. The SMILES string of the molecule is Cl.Clc1ccc(-c2ccc(COCCN3CCCCC3)cc2)cc1. The number of likely N-dealkylation sites (tertiary alicyclic amines) is 1. The summed E-state index contributed by atoms with van der Waals surface area (Å²) in [5.41, 5.74) is 3.62. The summed E-state index contributed by atoms with van der Waals surface area (Å²) in [6, 6.07) is 16.5. The van der Waals surface area contributed by atoms with Crippen LogP contribution in [-0.4, -0.2) is 31.1 Å². The van der Waals surface area contributed by atoms with Crippen LogP contribution in [0.15, 0.2) is 48.5 Å². The van der Waals surface area contributed by atoms with Crippen LogP contribution in [0, 0.1) is 0 Å². The second-order valence-electron chi connectivity index (χ2n) is 6.16. The minimum Gasteiger partial charge on any atom is -0.375 e. The van der Waals surface area contributed by atoms with Gasteiger partial charge in [-0.3, -0.25) is 0 Å². The number of benzene rings is 2. The molecule has 0 saturated carbocycles. The number of rotatable bonds is 6. The maximum atomic E-state index is 5.93. The first-order valence-electron chi connectivity index (χ1n) is 8.46. The monoisotopic (exact) mass is 365 g/mol. The van der Waals surface area contributed by atoms with Crippen LogP contribution in [0.5, 0.6) is 0 Å². The molecule has 0 radical (unpaired) electrons. The fraction of sp³-hybridized carbons (Fsp3) is 0.400. The third-order valence-corrected chi connectivity index (χ3v) is 4.65. The van der Waals surface area contributed by atoms with Crippen molar-refractivity contribution in [2.24, 2.45) is 0 Å². The Hall–Kier alpha value is -1.06. The van der Waals surface area contributed by atoms with Gasteiger partial charge < -0.3 is 9.64 Å². The molecule has 0 unspecified atom stereocenters. The minimum absolute atomic E-state index is 0. The molecule has 0 bridgehead atoms. The van der Waals surface area contributed by atoms with Crippen LogP contribution >= 0.6 is 24.0 Å². The molecule has 1 aliphatic rings. The van der Waals surface area contributed by atoms with Gasteiger partial charge in [-0.05, 0) is 54.8 Å². The van der Waals surface area contributed by atoms with Gasteiger partial charge in [0, 0.05) is 11.6 Å². The number of hydrogen-bond acceptors (Lipinski definition) is 2. The quantitative estimate of drug-likeness (QED) is 0.632. The summed E-state index contributed by atoms with van der Waals surface area (Å²) in [4.78, 5) is 2.51. The van der Waals surface area contributed by atoms with E-state index < -0.39 is 0 Å². The van der Waals surface area contributed by atoms with Gasteiger partial charge in [-0.2, -0.15) is 0 Å². The second kappa shape index (κ2) is 10.0. The first-order valence-corrected chi connectivity index (χ1v) is 8.84. The maximum absolute atomic E-state index is 5.93. The Labute approximate surface area is 156 Å². The van der Waals surface area contributed by atoms with E-state index in [-0.39, 0.29) is 12.4 Å². The second-order valence-corrected chi connectivity index (χ2v) is 6.60. The average molecular weight is 366 g/mol. The van der Waals surface area contributed by atoms with Crippen molar-refractivity contribution in [2.75, 3.05) is 26.2 Å². The Morgan fingerprint density at radius 2 is 1.42 bits per heavy atom. The molecule has 0 spiro atoms. The lowest BCUT2D eigenvalue weighted by molar-refractivity contribution is 0.0863. The first-order chi connectivity index (χ1) is 11.3. The highest BCUT2D eigenvalue weighted by Gasteiger charge is 2.09. The standard InChI is InChI=1S/C20H24ClNO.ClH/c21-20-10-8-19(9-11-20)18-6-4-17(5-7-18)16-23-15-14-22-12-2-1-3-13-22;/h4-11H,1-3,12-16H2;1H. The maximum Gasteiger partial charge on any atom is 0.0717 e. The van der Waals surface area contributed by atoms with Crippen molar-refractivity contribution >= 4 is 24.0 Å². The first kappa shape index (κ1) is 19.3. The fourth-order valence-corrected chi connectivity index (χ4v) is 3.13. The zero-order valence-corrected chi connectivity index (χ0v) is 15.5. The Kier molecular flexibility index (Phi) is 8.07. The number of hydrogen-bond donors (Lipinski definition) is 0. The van der Waals surface area contributed by atoms with Gasteiger partial charge in [0.2, 0.25) is 0 Å². The number of ether oxygens (including phenoxy) is 1. The molecule has 0 N–H and O–H groups in total. The van der Waals surface area contributed by atoms with Crippen molar-refractivity contribution in [3.63, 3.8) is 0 Å². The van der Waals surface area contributed by atoms with Gasteiger partial charge in [-0.15, -0.1) is 12.4 Å². The third kappa shape index (κ3) is 5.78. The molecule has 2 aromatic carbocycles. The molecule has 0 atom stereocenters. The summed E-state index contributed by atoms with van der Waals surface area (Å²) < 4.78 is 5.82. The molecule has 3 rings (SSSR count). The molecule has 24 heavy (non-hydrogen) atoms. The molecule has 0 amide bonds.